The van der Waals surface area contributed by atoms with Gasteiger partial charge in [-0.05, 0) is 56.0 Å². The zero-order valence-corrected chi connectivity index (χ0v) is 18.8. The normalized spacial score (nSPS) is 24.5. The highest BCUT2D eigenvalue weighted by Gasteiger charge is 2.43. The van der Waals surface area contributed by atoms with Crippen molar-refractivity contribution in [1.29, 1.82) is 5.26 Å². The summed E-state index contributed by atoms with van der Waals surface area (Å²) in [5.74, 6) is 1.42. The molecule has 0 amide bonds. The van der Waals surface area contributed by atoms with Gasteiger partial charge in [0.2, 0.25) is 0 Å². The average Bonchev–Trinajstić information content (AvgIpc) is 2.76. The Hall–Kier alpha value is -2.35. The molecule has 0 spiro atoms. The molecule has 0 saturated carbocycles. The molecule has 1 aliphatic rings. The summed E-state index contributed by atoms with van der Waals surface area (Å²) in [6, 6.07) is 22.1. The van der Waals surface area contributed by atoms with E-state index in [2.05, 4.69) is 79.2 Å². The highest BCUT2D eigenvalue weighted by Crippen LogP contribution is 2.44. The Bertz CT molecular complexity index is 830. The molecule has 3 atom stereocenters. The zero-order valence-electron chi connectivity index (χ0n) is 18.8. The Morgan fingerprint density at radius 2 is 1.83 bits per heavy atom. The van der Waals surface area contributed by atoms with E-state index < -0.39 is 0 Å². The van der Waals surface area contributed by atoms with Crippen molar-refractivity contribution in [2.45, 2.75) is 44.7 Å². The molecule has 1 saturated heterocycles. The van der Waals surface area contributed by atoms with Crippen molar-refractivity contribution in [2.24, 2.45) is 5.92 Å². The lowest BCUT2D eigenvalue weighted by Crippen LogP contribution is -2.52. The van der Waals surface area contributed by atoms with E-state index in [0.29, 0.717) is 18.5 Å². The summed E-state index contributed by atoms with van der Waals surface area (Å²) >= 11 is 0. The van der Waals surface area contributed by atoms with Crippen LogP contribution in [0.4, 0.5) is 0 Å². The Kier molecular flexibility index (Phi) is 7.53. The van der Waals surface area contributed by atoms with Gasteiger partial charge in [-0.2, -0.15) is 5.26 Å². The van der Waals surface area contributed by atoms with Gasteiger partial charge in [-0.1, -0.05) is 49.4 Å². The molecule has 1 heterocycles. The van der Waals surface area contributed by atoms with Crippen molar-refractivity contribution in [1.82, 2.24) is 9.80 Å². The Labute approximate surface area is 182 Å². The van der Waals surface area contributed by atoms with E-state index in [-0.39, 0.29) is 5.41 Å². The third kappa shape index (κ3) is 5.03. The minimum atomic E-state index is 0.140. The Morgan fingerprint density at radius 1 is 1.13 bits per heavy atom. The monoisotopic (exact) mass is 405 g/mol. The van der Waals surface area contributed by atoms with Crippen molar-refractivity contribution >= 4 is 0 Å². The number of ether oxygens (including phenoxy) is 1. The molecular weight excluding hydrogens is 370 g/mol. The van der Waals surface area contributed by atoms with Crippen LogP contribution in [0.15, 0.2) is 54.6 Å². The Balaban J connectivity index is 1.79. The molecule has 0 unspecified atom stereocenters. The molecule has 4 nitrogen and oxygen atoms in total. The smallest absolute Gasteiger partial charge is 0.118 e. The van der Waals surface area contributed by atoms with Crippen molar-refractivity contribution in [3.8, 4) is 11.8 Å². The second-order valence-corrected chi connectivity index (χ2v) is 8.88. The van der Waals surface area contributed by atoms with Crippen molar-refractivity contribution in [3.63, 3.8) is 0 Å². The molecule has 160 valence electrons. The second kappa shape index (κ2) is 10.1. The number of rotatable bonds is 8. The predicted octanol–water partition coefficient (Wildman–Crippen LogP) is 4.71. The molecule has 0 aromatic heterocycles. The molecule has 1 fully saturated rings. The predicted molar refractivity (Wildman–Crippen MR) is 122 cm³/mol. The molecule has 30 heavy (non-hydrogen) atoms. The first-order chi connectivity index (χ1) is 14.5. The largest absolute Gasteiger partial charge is 0.497 e. The van der Waals surface area contributed by atoms with Crippen LogP contribution in [0, 0.1) is 17.2 Å². The summed E-state index contributed by atoms with van der Waals surface area (Å²) in [5.41, 5.74) is 2.80. The number of piperidine rings is 1. The van der Waals surface area contributed by atoms with E-state index in [1.165, 1.54) is 11.1 Å². The summed E-state index contributed by atoms with van der Waals surface area (Å²) in [6.07, 6.45) is 2.21. The maximum Gasteiger partial charge on any atom is 0.118 e. The molecule has 3 rings (SSSR count). The van der Waals surface area contributed by atoms with Gasteiger partial charge >= 0.3 is 0 Å². The molecule has 4 heteroatoms. The van der Waals surface area contributed by atoms with E-state index in [1.54, 1.807) is 7.11 Å². The average molecular weight is 406 g/mol. The lowest BCUT2D eigenvalue weighted by atomic mass is 9.63. The van der Waals surface area contributed by atoms with Crippen LogP contribution in [0.2, 0.25) is 0 Å². The van der Waals surface area contributed by atoms with Gasteiger partial charge in [0.15, 0.2) is 0 Å². The molecule has 1 aliphatic heterocycles. The van der Waals surface area contributed by atoms with Crippen LogP contribution in [0.25, 0.3) is 0 Å². The fraction of sp³-hybridized carbons (Fsp3) is 0.500. The number of benzene rings is 2. The quantitative estimate of drug-likeness (QED) is 0.596. The molecule has 2 aromatic rings. The van der Waals surface area contributed by atoms with E-state index in [9.17, 15) is 5.26 Å². The third-order valence-corrected chi connectivity index (χ3v) is 7.00. The van der Waals surface area contributed by atoms with E-state index in [4.69, 9.17) is 4.74 Å². The highest BCUT2D eigenvalue weighted by atomic mass is 16.5. The molecule has 0 N–H and O–H groups in total. The Morgan fingerprint density at radius 3 is 2.47 bits per heavy atom. The molecule has 0 bridgehead atoms. The topological polar surface area (TPSA) is 39.5 Å². The van der Waals surface area contributed by atoms with Gasteiger partial charge in [0, 0.05) is 31.1 Å². The molecular formula is C26H35N3O. The van der Waals surface area contributed by atoms with Gasteiger partial charge in [-0.15, -0.1) is 0 Å². The van der Waals surface area contributed by atoms with Crippen LogP contribution in [0.5, 0.6) is 5.75 Å². The van der Waals surface area contributed by atoms with Gasteiger partial charge in [0.25, 0.3) is 0 Å². The maximum absolute atomic E-state index is 9.43. The lowest BCUT2D eigenvalue weighted by molar-refractivity contribution is 0.0612. The highest BCUT2D eigenvalue weighted by molar-refractivity contribution is 5.29. The fourth-order valence-corrected chi connectivity index (χ4v) is 5.00. The second-order valence-electron chi connectivity index (χ2n) is 8.88. The van der Waals surface area contributed by atoms with Gasteiger partial charge in [-0.3, -0.25) is 4.90 Å². The minimum absolute atomic E-state index is 0.140. The number of likely N-dealkylation sites (tertiary alicyclic amines) is 1. The summed E-state index contributed by atoms with van der Waals surface area (Å²) in [4.78, 5) is 4.76. The number of methoxy groups -OCH3 is 1. The van der Waals surface area contributed by atoms with Crippen molar-refractivity contribution in [2.75, 3.05) is 33.8 Å². The van der Waals surface area contributed by atoms with E-state index in [1.807, 2.05) is 12.1 Å². The van der Waals surface area contributed by atoms with Crippen LogP contribution in [-0.2, 0) is 12.0 Å². The van der Waals surface area contributed by atoms with Crippen molar-refractivity contribution in [3.05, 3.63) is 65.7 Å². The molecule has 2 aromatic carbocycles. The maximum atomic E-state index is 9.43. The van der Waals surface area contributed by atoms with Crippen LogP contribution >= 0.6 is 0 Å². The standard InChI is InChI=1S/C26H35N3O/c1-21-19-28(3)22(2)18-26(21,24-8-6-5-7-9-24)14-16-29(17-15-27)20-23-10-12-25(30-4)13-11-23/h5-13,21-22H,14,16-20H2,1-4H3/t21-,22+,26-/m1/s1. The van der Waals surface area contributed by atoms with Gasteiger partial charge in [0.05, 0.1) is 19.7 Å². The zero-order chi connectivity index (χ0) is 21.6. The summed E-state index contributed by atoms with van der Waals surface area (Å²) in [6.45, 7) is 7.98. The SMILES string of the molecule is COc1ccc(CN(CC#N)CC[C@@]2(c3ccccc3)C[C@H](C)N(C)C[C@H]2C)cc1. The molecule has 0 aliphatic carbocycles. The third-order valence-electron chi connectivity index (χ3n) is 7.00. The first-order valence-corrected chi connectivity index (χ1v) is 11.0. The number of nitrogens with zero attached hydrogens (tertiary/aromatic N) is 3. The minimum Gasteiger partial charge on any atom is -0.497 e. The van der Waals surface area contributed by atoms with Crippen LogP contribution in [0.3, 0.4) is 0 Å². The van der Waals surface area contributed by atoms with Crippen LogP contribution in [0.1, 0.15) is 37.8 Å². The summed E-state index contributed by atoms with van der Waals surface area (Å²) in [7, 11) is 3.92. The van der Waals surface area contributed by atoms with E-state index >= 15 is 0 Å². The lowest BCUT2D eigenvalue weighted by Gasteiger charge is -2.50. The number of hydrogen-bond donors (Lipinski definition) is 0. The van der Waals surface area contributed by atoms with Crippen LogP contribution in [-0.4, -0.2) is 49.6 Å². The first-order valence-electron chi connectivity index (χ1n) is 11.0. The van der Waals surface area contributed by atoms with Crippen LogP contribution < -0.4 is 4.74 Å². The van der Waals surface area contributed by atoms with Crippen molar-refractivity contribution < 1.29 is 4.74 Å². The molecule has 0 radical (unpaired) electrons. The van der Waals surface area contributed by atoms with Gasteiger partial charge in [0.1, 0.15) is 5.75 Å². The van der Waals surface area contributed by atoms with E-state index in [0.717, 1.165) is 38.2 Å². The van der Waals surface area contributed by atoms with Gasteiger partial charge < -0.3 is 9.64 Å². The summed E-state index contributed by atoms with van der Waals surface area (Å²) in [5, 5.41) is 9.43. The summed E-state index contributed by atoms with van der Waals surface area (Å²) < 4.78 is 5.27. The number of hydrogen-bond acceptors (Lipinski definition) is 4. The first kappa shape index (κ1) is 22.3. The van der Waals surface area contributed by atoms with Gasteiger partial charge in [-0.25, -0.2) is 0 Å². The fourth-order valence-electron chi connectivity index (χ4n) is 5.00. The number of nitriles is 1.